The number of rotatable bonds is 8. The van der Waals surface area contributed by atoms with Crippen molar-refractivity contribution >= 4 is 5.91 Å². The summed E-state index contributed by atoms with van der Waals surface area (Å²) in [6.07, 6.45) is 4.07. The molecule has 0 bridgehead atoms. The molecule has 20 heavy (non-hydrogen) atoms. The first-order valence-corrected chi connectivity index (χ1v) is 7.27. The van der Waals surface area contributed by atoms with Crippen molar-refractivity contribution in [2.24, 2.45) is 5.73 Å². The summed E-state index contributed by atoms with van der Waals surface area (Å²) in [5.41, 5.74) is 8.45. The second-order valence-electron chi connectivity index (χ2n) is 5.41. The molecule has 0 aromatic heterocycles. The molecule has 1 amide bonds. The molecule has 0 aliphatic carbocycles. The molecule has 0 heterocycles. The van der Waals surface area contributed by atoms with Gasteiger partial charge in [0.15, 0.2) is 0 Å². The maximum Gasteiger partial charge on any atom is 0.220 e. The molecule has 1 aromatic rings. The Morgan fingerprint density at radius 1 is 1.30 bits per heavy atom. The molecule has 3 heteroatoms. The molecule has 0 aliphatic heterocycles. The second-order valence-corrected chi connectivity index (χ2v) is 5.41. The number of carbonyl (C=O) groups excluding carboxylic acids is 1. The first kappa shape index (κ1) is 16.4. The molecule has 110 valence electrons. The molecule has 1 rings (SSSR count). The molecular weight excluding hydrogens is 248 g/mol. The van der Waals surface area contributed by atoms with Crippen LogP contribution in [0.3, 0.4) is 0 Å². The van der Waals surface area contributed by atoms with E-state index in [1.165, 1.54) is 5.56 Å². The van der Waals surface area contributed by atoms with Gasteiger partial charge >= 0.3 is 0 Å². The number of hydrogen-bond donors (Lipinski definition) is 2. The highest BCUT2D eigenvalue weighted by Crippen LogP contribution is 2.17. The molecule has 0 aliphatic rings. The number of unbranched alkanes of at least 4 members (excludes halogenated alkanes) is 1. The smallest absolute Gasteiger partial charge is 0.220 e. The Hall–Kier alpha value is -1.61. The molecule has 1 unspecified atom stereocenters. The fraction of sp³-hybridized carbons (Fsp3) is 0.471. The Kier molecular flexibility index (Phi) is 7.02. The first-order chi connectivity index (χ1) is 9.54. The number of nitrogens with one attached hydrogen (secondary N) is 1. The van der Waals surface area contributed by atoms with Crippen LogP contribution in [0.2, 0.25) is 0 Å². The monoisotopic (exact) mass is 274 g/mol. The van der Waals surface area contributed by atoms with Crippen LogP contribution in [0, 0.1) is 0 Å². The Labute approximate surface area is 122 Å². The van der Waals surface area contributed by atoms with Gasteiger partial charge in [0.05, 0.1) is 0 Å². The molecule has 3 N–H and O–H groups in total. The van der Waals surface area contributed by atoms with Gasteiger partial charge in [-0.1, -0.05) is 44.2 Å². The van der Waals surface area contributed by atoms with Gasteiger partial charge in [0.2, 0.25) is 5.91 Å². The van der Waals surface area contributed by atoms with Gasteiger partial charge in [-0.05, 0) is 29.9 Å². The summed E-state index contributed by atoms with van der Waals surface area (Å²) in [6.45, 7) is 8.45. The van der Waals surface area contributed by atoms with Crippen LogP contribution >= 0.6 is 0 Å². The Balaban J connectivity index is 2.40. The highest BCUT2D eigenvalue weighted by Gasteiger charge is 2.08. The van der Waals surface area contributed by atoms with Crippen molar-refractivity contribution in [2.75, 3.05) is 6.54 Å². The zero-order valence-electron chi connectivity index (χ0n) is 12.6. The van der Waals surface area contributed by atoms with Crippen LogP contribution in [0.1, 0.15) is 56.2 Å². The molecule has 0 fully saturated rings. The average Bonchev–Trinajstić information content (AvgIpc) is 2.45. The van der Waals surface area contributed by atoms with Gasteiger partial charge in [0.1, 0.15) is 0 Å². The third-order valence-electron chi connectivity index (χ3n) is 3.36. The quantitative estimate of drug-likeness (QED) is 0.564. The van der Waals surface area contributed by atoms with Crippen LogP contribution in [-0.2, 0) is 4.79 Å². The SMILES string of the molecule is C=CCCCC(=O)NCC(N)c1ccc(C(C)C)cc1. The van der Waals surface area contributed by atoms with Gasteiger partial charge in [-0.15, -0.1) is 6.58 Å². The van der Waals surface area contributed by atoms with Gasteiger partial charge in [0, 0.05) is 19.0 Å². The number of carbonyl (C=O) groups is 1. The van der Waals surface area contributed by atoms with Crippen LogP contribution in [0.5, 0.6) is 0 Å². The lowest BCUT2D eigenvalue weighted by Crippen LogP contribution is -2.31. The third-order valence-corrected chi connectivity index (χ3v) is 3.36. The van der Waals surface area contributed by atoms with E-state index in [2.05, 4.69) is 37.9 Å². The fourth-order valence-corrected chi connectivity index (χ4v) is 1.97. The predicted octanol–water partition coefficient (Wildman–Crippen LogP) is 3.28. The molecular formula is C17H26N2O. The van der Waals surface area contributed by atoms with E-state index in [-0.39, 0.29) is 11.9 Å². The Morgan fingerprint density at radius 2 is 1.90 bits per heavy atom. The molecule has 0 saturated heterocycles. The van der Waals surface area contributed by atoms with Crippen LogP contribution in [0.4, 0.5) is 0 Å². The summed E-state index contributed by atoms with van der Waals surface area (Å²) in [5, 5.41) is 2.88. The summed E-state index contributed by atoms with van der Waals surface area (Å²) >= 11 is 0. The topological polar surface area (TPSA) is 55.1 Å². The predicted molar refractivity (Wildman–Crippen MR) is 84.5 cm³/mol. The highest BCUT2D eigenvalue weighted by molar-refractivity contribution is 5.75. The van der Waals surface area contributed by atoms with Crippen molar-refractivity contribution in [3.63, 3.8) is 0 Å². The van der Waals surface area contributed by atoms with Crippen molar-refractivity contribution in [1.82, 2.24) is 5.32 Å². The van der Waals surface area contributed by atoms with E-state index < -0.39 is 0 Å². The van der Waals surface area contributed by atoms with Crippen LogP contribution in [-0.4, -0.2) is 12.5 Å². The standard InChI is InChI=1S/C17H26N2O/c1-4-5-6-7-17(20)19-12-16(18)15-10-8-14(9-11-15)13(2)3/h4,8-11,13,16H,1,5-7,12,18H2,2-3H3,(H,19,20). The van der Waals surface area contributed by atoms with Crippen molar-refractivity contribution in [3.05, 3.63) is 48.0 Å². The maximum absolute atomic E-state index is 11.6. The molecule has 0 spiro atoms. The molecule has 1 aromatic carbocycles. The lowest BCUT2D eigenvalue weighted by atomic mass is 9.99. The zero-order chi connectivity index (χ0) is 15.0. The van der Waals surface area contributed by atoms with Gasteiger partial charge in [-0.2, -0.15) is 0 Å². The Morgan fingerprint density at radius 3 is 2.45 bits per heavy atom. The number of allylic oxidation sites excluding steroid dienone is 1. The van der Waals surface area contributed by atoms with Crippen molar-refractivity contribution < 1.29 is 4.79 Å². The van der Waals surface area contributed by atoms with E-state index in [1.807, 2.05) is 18.2 Å². The minimum absolute atomic E-state index is 0.0566. The minimum Gasteiger partial charge on any atom is -0.354 e. The summed E-state index contributed by atoms with van der Waals surface area (Å²) in [4.78, 5) is 11.6. The number of amides is 1. The third kappa shape index (κ3) is 5.57. The van der Waals surface area contributed by atoms with Gasteiger partial charge in [-0.25, -0.2) is 0 Å². The zero-order valence-corrected chi connectivity index (χ0v) is 12.6. The fourth-order valence-electron chi connectivity index (χ4n) is 1.97. The van der Waals surface area contributed by atoms with Crippen LogP contribution in [0.15, 0.2) is 36.9 Å². The maximum atomic E-state index is 11.6. The molecule has 3 nitrogen and oxygen atoms in total. The van der Waals surface area contributed by atoms with E-state index in [0.717, 1.165) is 18.4 Å². The van der Waals surface area contributed by atoms with Gasteiger partial charge in [-0.3, -0.25) is 4.79 Å². The van der Waals surface area contributed by atoms with Crippen molar-refractivity contribution in [2.45, 2.75) is 45.1 Å². The normalized spacial score (nSPS) is 12.2. The summed E-state index contributed by atoms with van der Waals surface area (Å²) in [5.74, 6) is 0.575. The number of nitrogens with two attached hydrogens (primary N) is 1. The minimum atomic E-state index is -0.153. The summed E-state index contributed by atoms with van der Waals surface area (Å²) < 4.78 is 0. The Bertz CT molecular complexity index is 423. The van der Waals surface area contributed by atoms with E-state index in [9.17, 15) is 4.79 Å². The summed E-state index contributed by atoms with van der Waals surface area (Å²) in [7, 11) is 0. The van der Waals surface area contributed by atoms with E-state index in [4.69, 9.17) is 5.73 Å². The second kappa shape index (κ2) is 8.54. The largest absolute Gasteiger partial charge is 0.354 e. The lowest BCUT2D eigenvalue weighted by Gasteiger charge is -2.14. The summed E-state index contributed by atoms with van der Waals surface area (Å²) in [6, 6.07) is 8.14. The molecule has 1 atom stereocenters. The number of benzene rings is 1. The first-order valence-electron chi connectivity index (χ1n) is 7.27. The van der Waals surface area contributed by atoms with Gasteiger partial charge in [0.25, 0.3) is 0 Å². The highest BCUT2D eigenvalue weighted by atomic mass is 16.1. The van der Waals surface area contributed by atoms with Crippen molar-refractivity contribution in [3.8, 4) is 0 Å². The van der Waals surface area contributed by atoms with Crippen LogP contribution < -0.4 is 11.1 Å². The molecule has 0 saturated carbocycles. The van der Waals surface area contributed by atoms with E-state index in [0.29, 0.717) is 18.9 Å². The van der Waals surface area contributed by atoms with E-state index >= 15 is 0 Å². The van der Waals surface area contributed by atoms with Crippen molar-refractivity contribution in [1.29, 1.82) is 0 Å². The molecule has 0 radical (unpaired) electrons. The van der Waals surface area contributed by atoms with Crippen LogP contribution in [0.25, 0.3) is 0 Å². The average molecular weight is 274 g/mol. The van der Waals surface area contributed by atoms with Gasteiger partial charge < -0.3 is 11.1 Å². The lowest BCUT2D eigenvalue weighted by molar-refractivity contribution is -0.121. The number of hydrogen-bond acceptors (Lipinski definition) is 2. The van der Waals surface area contributed by atoms with E-state index in [1.54, 1.807) is 0 Å².